The van der Waals surface area contributed by atoms with Gasteiger partial charge in [0, 0.05) is 25.7 Å². The van der Waals surface area contributed by atoms with E-state index in [1.54, 1.807) is 4.90 Å². The Kier molecular flexibility index (Phi) is 7.89. The van der Waals surface area contributed by atoms with Crippen molar-refractivity contribution in [1.29, 1.82) is 0 Å². The largest absolute Gasteiger partial charge is 0.489 e. The summed E-state index contributed by atoms with van der Waals surface area (Å²) in [5.74, 6) is -0.603. The first kappa shape index (κ1) is 23.4. The van der Waals surface area contributed by atoms with E-state index in [1.165, 1.54) is 6.07 Å². The summed E-state index contributed by atoms with van der Waals surface area (Å²) in [7, 11) is 0. The fourth-order valence-corrected chi connectivity index (χ4v) is 3.14. The van der Waals surface area contributed by atoms with Crippen LogP contribution in [0.15, 0.2) is 23.2 Å². The Hall–Kier alpha value is -1.85. The van der Waals surface area contributed by atoms with E-state index in [1.807, 2.05) is 20.8 Å². The van der Waals surface area contributed by atoms with Gasteiger partial charge in [0.15, 0.2) is 17.5 Å². The molecule has 10 heteroatoms. The molecule has 0 radical (unpaired) electrons. The molecule has 1 fully saturated rings. The zero-order chi connectivity index (χ0) is 20.3. The van der Waals surface area contributed by atoms with Gasteiger partial charge in [-0.25, -0.2) is 13.6 Å². The van der Waals surface area contributed by atoms with Crippen molar-refractivity contribution in [1.82, 2.24) is 15.1 Å². The summed E-state index contributed by atoms with van der Waals surface area (Å²) in [5, 5.41) is 3.18. The summed E-state index contributed by atoms with van der Waals surface area (Å²) < 4.78 is 37.2. The Morgan fingerprint density at radius 2 is 2.07 bits per heavy atom. The van der Waals surface area contributed by atoms with Crippen LogP contribution in [0.2, 0.25) is 0 Å². The molecule has 1 atom stereocenters. The average molecular weight is 524 g/mol. The third-order valence-electron chi connectivity index (χ3n) is 4.39. The molecule has 2 aliphatic heterocycles. The Morgan fingerprint density at radius 1 is 1.31 bits per heavy atom. The topological polar surface area (TPSA) is 66.4 Å². The molecule has 0 bridgehead atoms. The number of aliphatic imine (C=N–C) groups is 1. The van der Waals surface area contributed by atoms with Crippen molar-refractivity contribution in [3.05, 3.63) is 29.8 Å². The zero-order valence-corrected chi connectivity index (χ0v) is 19.1. The van der Waals surface area contributed by atoms with Crippen LogP contribution in [0, 0.1) is 11.6 Å². The van der Waals surface area contributed by atoms with Crippen molar-refractivity contribution >= 4 is 36.0 Å². The molecular formula is C19H27F2IN4O3. The number of rotatable bonds is 4. The van der Waals surface area contributed by atoms with Crippen LogP contribution >= 0.6 is 24.0 Å². The standard InChI is InChI=1S/C19H26F2N4O3.HI/c1-19(2,3)28-18(26)24-7-8-25-14(12-24)11-23-17(25)22-6-9-27-16-5-4-13(20)10-15(16)21;/h4-5,10,14H,6-9,11-12H2,1-3H3,(H,22,23);1H. The second-order valence-electron chi connectivity index (χ2n) is 7.79. The van der Waals surface area contributed by atoms with E-state index in [0.29, 0.717) is 32.7 Å². The number of amides is 1. The van der Waals surface area contributed by atoms with Gasteiger partial charge in [-0.05, 0) is 32.9 Å². The van der Waals surface area contributed by atoms with E-state index in [-0.39, 0.29) is 48.5 Å². The number of guanidine groups is 1. The molecule has 2 aliphatic rings. The third-order valence-corrected chi connectivity index (χ3v) is 4.39. The molecule has 2 heterocycles. The quantitative estimate of drug-likeness (QED) is 0.485. The maximum absolute atomic E-state index is 13.5. The molecule has 1 aromatic carbocycles. The van der Waals surface area contributed by atoms with E-state index < -0.39 is 17.2 Å². The summed E-state index contributed by atoms with van der Waals surface area (Å²) in [5.41, 5.74) is -0.517. The molecule has 0 spiro atoms. The number of carbonyl (C=O) groups is 1. The molecule has 3 rings (SSSR count). The molecule has 1 saturated heterocycles. The molecule has 1 aromatic rings. The number of fused-ring (bicyclic) bond motifs is 1. The van der Waals surface area contributed by atoms with Crippen LogP contribution in [0.25, 0.3) is 0 Å². The lowest BCUT2D eigenvalue weighted by Crippen LogP contribution is -2.57. The van der Waals surface area contributed by atoms with Crippen molar-refractivity contribution in [2.24, 2.45) is 4.99 Å². The van der Waals surface area contributed by atoms with Crippen LogP contribution in [0.1, 0.15) is 20.8 Å². The number of hydrogen-bond acceptors (Lipinski definition) is 6. The maximum Gasteiger partial charge on any atom is 0.410 e. The van der Waals surface area contributed by atoms with Gasteiger partial charge in [-0.2, -0.15) is 0 Å². The Morgan fingerprint density at radius 3 is 2.76 bits per heavy atom. The van der Waals surface area contributed by atoms with Gasteiger partial charge in [0.2, 0.25) is 0 Å². The van der Waals surface area contributed by atoms with Crippen LogP contribution in [-0.2, 0) is 4.74 Å². The van der Waals surface area contributed by atoms with E-state index >= 15 is 0 Å². The van der Waals surface area contributed by atoms with Gasteiger partial charge >= 0.3 is 6.09 Å². The summed E-state index contributed by atoms with van der Waals surface area (Å²) in [6.07, 6.45) is -0.303. The average Bonchev–Trinajstić information content (AvgIpc) is 3.01. The van der Waals surface area contributed by atoms with Gasteiger partial charge in [0.05, 0.1) is 19.1 Å². The fraction of sp³-hybridized carbons (Fsp3) is 0.579. The molecule has 0 aromatic heterocycles. The van der Waals surface area contributed by atoms with Crippen LogP contribution in [0.5, 0.6) is 5.75 Å². The smallest absolute Gasteiger partial charge is 0.410 e. The number of hydrogen-bond donors (Lipinski definition) is 1. The first-order chi connectivity index (χ1) is 13.2. The Labute approximate surface area is 186 Å². The molecule has 1 unspecified atom stereocenters. The van der Waals surface area contributed by atoms with E-state index in [2.05, 4.69) is 15.2 Å². The lowest BCUT2D eigenvalue weighted by Gasteiger charge is -2.39. The Balaban J connectivity index is 0.00000300. The monoisotopic (exact) mass is 524 g/mol. The van der Waals surface area contributed by atoms with Crippen molar-refractivity contribution in [2.75, 3.05) is 39.3 Å². The third kappa shape index (κ3) is 6.31. The van der Waals surface area contributed by atoms with E-state index in [9.17, 15) is 13.6 Å². The first-order valence-electron chi connectivity index (χ1n) is 9.34. The second-order valence-corrected chi connectivity index (χ2v) is 7.79. The zero-order valence-electron chi connectivity index (χ0n) is 16.8. The van der Waals surface area contributed by atoms with Gasteiger partial charge in [-0.1, -0.05) is 0 Å². The molecule has 0 aliphatic carbocycles. The molecule has 0 saturated carbocycles. The van der Waals surface area contributed by atoms with E-state index in [4.69, 9.17) is 9.47 Å². The normalized spacial score (nSPS) is 18.5. The van der Waals surface area contributed by atoms with Gasteiger partial charge < -0.3 is 24.6 Å². The fourth-order valence-electron chi connectivity index (χ4n) is 3.14. The van der Waals surface area contributed by atoms with Gasteiger partial charge in [-0.3, -0.25) is 4.99 Å². The highest BCUT2D eigenvalue weighted by Gasteiger charge is 2.36. The molecule has 1 N–H and O–H groups in total. The highest BCUT2D eigenvalue weighted by Crippen LogP contribution is 2.19. The number of nitrogens with zero attached hydrogens (tertiary/aromatic N) is 3. The van der Waals surface area contributed by atoms with E-state index in [0.717, 1.165) is 18.1 Å². The van der Waals surface area contributed by atoms with Crippen molar-refractivity contribution in [2.45, 2.75) is 32.4 Å². The van der Waals surface area contributed by atoms with Gasteiger partial charge in [-0.15, -0.1) is 24.0 Å². The van der Waals surface area contributed by atoms with Crippen LogP contribution in [0.4, 0.5) is 13.6 Å². The van der Waals surface area contributed by atoms with Gasteiger partial charge in [0.1, 0.15) is 18.0 Å². The highest BCUT2D eigenvalue weighted by molar-refractivity contribution is 14.0. The number of nitrogens with one attached hydrogen (secondary N) is 1. The molecule has 7 nitrogen and oxygen atoms in total. The summed E-state index contributed by atoms with van der Waals surface area (Å²) in [4.78, 5) is 20.6. The van der Waals surface area contributed by atoms with Crippen molar-refractivity contribution in [3.8, 4) is 5.75 Å². The molecule has 1 amide bonds. The summed E-state index contributed by atoms with van der Waals surface area (Å²) in [6, 6.07) is 3.32. The SMILES string of the molecule is CC(C)(C)OC(=O)N1CCN2C(NCCOc3ccc(F)cc3F)=NCC2C1.I. The lowest BCUT2D eigenvalue weighted by molar-refractivity contribution is 0.0137. The molecular weight excluding hydrogens is 497 g/mol. The highest BCUT2D eigenvalue weighted by atomic mass is 127. The minimum absolute atomic E-state index is 0. The minimum atomic E-state index is -0.725. The van der Waals surface area contributed by atoms with Crippen LogP contribution in [-0.4, -0.2) is 72.8 Å². The predicted octanol–water partition coefficient (Wildman–Crippen LogP) is 2.84. The predicted molar refractivity (Wildman–Crippen MR) is 116 cm³/mol. The van der Waals surface area contributed by atoms with Crippen LogP contribution in [0.3, 0.4) is 0 Å². The molecule has 29 heavy (non-hydrogen) atoms. The van der Waals surface area contributed by atoms with Crippen molar-refractivity contribution in [3.63, 3.8) is 0 Å². The first-order valence-corrected chi connectivity index (χ1v) is 9.34. The number of halogens is 3. The number of piperazine rings is 1. The summed E-state index contributed by atoms with van der Waals surface area (Å²) >= 11 is 0. The van der Waals surface area contributed by atoms with Crippen LogP contribution < -0.4 is 10.1 Å². The number of benzene rings is 1. The Bertz CT molecular complexity index is 757. The molecule has 162 valence electrons. The number of ether oxygens (including phenoxy) is 2. The maximum atomic E-state index is 13.5. The second kappa shape index (κ2) is 9.77. The summed E-state index contributed by atoms with van der Waals surface area (Å²) in [6.45, 7) is 8.55. The van der Waals surface area contributed by atoms with Gasteiger partial charge in [0.25, 0.3) is 0 Å². The number of carbonyl (C=O) groups excluding carboxylic acids is 1. The lowest BCUT2D eigenvalue weighted by atomic mass is 10.2. The van der Waals surface area contributed by atoms with Crippen molar-refractivity contribution < 1.29 is 23.0 Å². The minimum Gasteiger partial charge on any atom is -0.489 e.